The number of unbranched alkanes of at least 4 members (excludes halogenated alkanes) is 27. The highest BCUT2D eigenvalue weighted by molar-refractivity contribution is 6.29. The van der Waals surface area contributed by atoms with Gasteiger partial charge in [0.25, 0.3) is 0 Å². The van der Waals surface area contributed by atoms with Crippen LogP contribution in [0, 0.1) is 0 Å². The minimum Gasteiger partial charge on any atom is -0.481 e. The van der Waals surface area contributed by atoms with Gasteiger partial charge in [-0.05, 0) is 123 Å². The summed E-state index contributed by atoms with van der Waals surface area (Å²) in [5, 5.41) is 51.9. The zero-order valence-electron chi connectivity index (χ0n) is 54.5. The fourth-order valence-corrected chi connectivity index (χ4v) is 10.3. The Kier molecular flexibility index (Phi) is 49.5. The van der Waals surface area contributed by atoms with Crippen molar-refractivity contribution in [2.75, 3.05) is 6.54 Å². The van der Waals surface area contributed by atoms with Gasteiger partial charge >= 0.3 is 48.1 Å². The molecule has 5 atom stereocenters. The molecule has 92 heavy (non-hydrogen) atoms. The van der Waals surface area contributed by atoms with Gasteiger partial charge in [-0.15, -0.1) is 0 Å². The molecular weight excluding hydrogens is 1260 g/mol. The zero-order valence-corrected chi connectivity index (χ0v) is 56.8. The number of furan rings is 3. The SMILES string of the molecule is CCCCCCCCCCCCC(OC(=O)NC(CC(=O)O)C(=O)O)c1ccc(Cl)o1.CCCCCCCCCCCCC(OC(=O)NC(CCC(=O)O)C(=O)O)c1ccc(Cl)o1.CCCCCCCCCCCCC(OC(=O)NCCCC(=O)O)c1ccc(Cl)o1. The van der Waals surface area contributed by atoms with E-state index in [1.54, 1.807) is 30.3 Å². The van der Waals surface area contributed by atoms with Gasteiger partial charge in [0.1, 0.15) is 29.4 Å². The summed E-state index contributed by atoms with van der Waals surface area (Å²) in [5.41, 5.74) is 0. The third-order valence-electron chi connectivity index (χ3n) is 15.0. The number of carbonyl (C=O) groups excluding carboxylic acids is 3. The summed E-state index contributed by atoms with van der Waals surface area (Å²) in [7, 11) is 0. The molecule has 5 unspecified atom stereocenters. The van der Waals surface area contributed by atoms with E-state index in [1.165, 1.54) is 147 Å². The van der Waals surface area contributed by atoms with Crippen LogP contribution < -0.4 is 16.0 Å². The summed E-state index contributed by atoms with van der Waals surface area (Å²) in [6.07, 6.45) is 32.0. The van der Waals surface area contributed by atoms with Crippen molar-refractivity contribution >= 4 is 82.9 Å². The molecule has 0 bridgehead atoms. The average Bonchev–Trinajstić information content (AvgIpc) is 1.96. The smallest absolute Gasteiger partial charge is 0.408 e. The first-order valence-corrected chi connectivity index (χ1v) is 34.6. The van der Waals surface area contributed by atoms with Crippen LogP contribution in [0.1, 0.15) is 300 Å². The second kappa shape index (κ2) is 54.3. The predicted octanol–water partition coefficient (Wildman–Crippen LogP) is 19.1. The lowest BCUT2D eigenvalue weighted by atomic mass is 10.0. The molecule has 3 aromatic rings. The van der Waals surface area contributed by atoms with Crippen LogP contribution in [0.3, 0.4) is 0 Å². The van der Waals surface area contributed by atoms with Crippen LogP contribution >= 0.6 is 34.8 Å². The minimum atomic E-state index is -1.58. The molecule has 0 aliphatic carbocycles. The Morgan fingerprint density at radius 3 is 0.935 bits per heavy atom. The number of rotatable bonds is 52. The molecule has 8 N–H and O–H groups in total. The highest BCUT2D eigenvalue weighted by atomic mass is 35.5. The second-order valence-electron chi connectivity index (χ2n) is 23.0. The van der Waals surface area contributed by atoms with Crippen LogP contribution in [-0.4, -0.2) is 92.3 Å². The van der Waals surface area contributed by atoms with Crippen molar-refractivity contribution in [1.82, 2.24) is 16.0 Å². The van der Waals surface area contributed by atoms with E-state index in [4.69, 9.17) is 82.7 Å². The molecule has 0 spiro atoms. The van der Waals surface area contributed by atoms with E-state index in [1.807, 2.05) is 0 Å². The molecule has 3 heterocycles. The highest BCUT2D eigenvalue weighted by Crippen LogP contribution is 2.31. The van der Waals surface area contributed by atoms with Gasteiger partial charge < -0.3 is 68.9 Å². The van der Waals surface area contributed by atoms with Crippen molar-refractivity contribution in [1.29, 1.82) is 0 Å². The van der Waals surface area contributed by atoms with E-state index in [0.717, 1.165) is 51.4 Å². The van der Waals surface area contributed by atoms with Crippen LogP contribution in [0.25, 0.3) is 0 Å². The third-order valence-corrected chi connectivity index (χ3v) is 15.6. The van der Waals surface area contributed by atoms with Crippen molar-refractivity contribution in [2.24, 2.45) is 0 Å². The Bertz CT molecular complexity index is 2470. The van der Waals surface area contributed by atoms with E-state index in [2.05, 4.69) is 36.7 Å². The number of carboxylic acid groups (broad SMARTS) is 5. The Morgan fingerprint density at radius 2 is 0.663 bits per heavy atom. The average molecular weight is 1360 g/mol. The lowest BCUT2D eigenvalue weighted by Gasteiger charge is -2.19. The largest absolute Gasteiger partial charge is 0.481 e. The summed E-state index contributed by atoms with van der Waals surface area (Å²) in [6.45, 7) is 6.91. The van der Waals surface area contributed by atoms with Crippen molar-refractivity contribution in [2.45, 2.75) is 295 Å². The van der Waals surface area contributed by atoms with Gasteiger partial charge in [0.05, 0.1) is 6.42 Å². The molecule has 25 heteroatoms. The molecule has 0 fully saturated rings. The monoisotopic (exact) mass is 1360 g/mol. The highest BCUT2D eigenvalue weighted by Gasteiger charge is 2.28. The number of carboxylic acids is 5. The van der Waals surface area contributed by atoms with E-state index in [0.29, 0.717) is 43.0 Å². The number of carbonyl (C=O) groups is 8. The van der Waals surface area contributed by atoms with Crippen molar-refractivity contribution in [3.63, 3.8) is 0 Å². The van der Waals surface area contributed by atoms with Crippen molar-refractivity contribution < 1.29 is 91.4 Å². The molecule has 22 nitrogen and oxygen atoms in total. The Labute approximate surface area is 558 Å². The van der Waals surface area contributed by atoms with Gasteiger partial charge in [-0.2, -0.15) is 0 Å². The first-order valence-electron chi connectivity index (χ1n) is 33.4. The number of ether oxygens (including phenoxy) is 3. The topological polar surface area (TPSA) is 341 Å². The molecule has 3 rings (SSSR count). The van der Waals surface area contributed by atoms with Gasteiger partial charge in [-0.3, -0.25) is 14.4 Å². The van der Waals surface area contributed by atoms with E-state index >= 15 is 0 Å². The van der Waals surface area contributed by atoms with Gasteiger partial charge in [-0.1, -0.05) is 194 Å². The molecule has 0 radical (unpaired) electrons. The maximum atomic E-state index is 12.3. The van der Waals surface area contributed by atoms with Gasteiger partial charge in [0.2, 0.25) is 0 Å². The van der Waals surface area contributed by atoms with Gasteiger partial charge in [0, 0.05) is 19.4 Å². The number of halogens is 3. The van der Waals surface area contributed by atoms with E-state index in [9.17, 15) is 43.5 Å². The second-order valence-corrected chi connectivity index (χ2v) is 24.2. The zero-order chi connectivity index (χ0) is 68.2. The van der Waals surface area contributed by atoms with E-state index < -0.39 is 84.9 Å². The third kappa shape index (κ3) is 45.2. The Hall–Kier alpha value is -6.13. The van der Waals surface area contributed by atoms with Crippen molar-refractivity contribution in [3.8, 4) is 0 Å². The number of alkyl carbamates (subject to hydrolysis) is 3. The molecule has 0 aliphatic rings. The summed E-state index contributed by atoms with van der Waals surface area (Å²) in [4.78, 5) is 90.8. The van der Waals surface area contributed by atoms with E-state index in [-0.39, 0.29) is 41.5 Å². The number of hydrogen-bond acceptors (Lipinski definition) is 14. The van der Waals surface area contributed by atoms with Crippen LogP contribution in [0.5, 0.6) is 0 Å². The van der Waals surface area contributed by atoms with Crippen LogP contribution in [0.4, 0.5) is 14.4 Å². The predicted molar refractivity (Wildman–Crippen MR) is 351 cm³/mol. The number of amides is 3. The molecule has 0 saturated carbocycles. The van der Waals surface area contributed by atoms with Crippen LogP contribution in [-0.2, 0) is 38.2 Å². The maximum Gasteiger partial charge on any atom is 0.408 e. The first-order chi connectivity index (χ1) is 44.2. The molecular formula is C67H106Cl3N3O19. The van der Waals surface area contributed by atoms with Gasteiger partial charge in [-0.25, -0.2) is 24.0 Å². The lowest BCUT2D eigenvalue weighted by molar-refractivity contribution is -0.145. The number of nitrogens with one attached hydrogen (secondary N) is 3. The fourth-order valence-electron chi connectivity index (χ4n) is 9.85. The Balaban J connectivity index is 0.000000691. The molecule has 0 aliphatic heterocycles. The molecule has 0 saturated heterocycles. The van der Waals surface area contributed by atoms with Crippen LogP contribution in [0.15, 0.2) is 49.6 Å². The van der Waals surface area contributed by atoms with Crippen molar-refractivity contribution in [3.05, 3.63) is 69.3 Å². The quantitative estimate of drug-likeness (QED) is 0.0192. The maximum absolute atomic E-state index is 12.3. The Morgan fingerprint density at radius 1 is 0.370 bits per heavy atom. The summed E-state index contributed by atoms with van der Waals surface area (Å²) < 4.78 is 32.4. The normalized spacial score (nSPS) is 12.5. The molecule has 3 aromatic heterocycles. The summed E-state index contributed by atoms with van der Waals surface area (Å²) in [6, 6.07) is 6.74. The fraction of sp³-hybridized carbons (Fsp3) is 0.701. The summed E-state index contributed by atoms with van der Waals surface area (Å²) in [5.74, 6) is -4.86. The van der Waals surface area contributed by atoms with Crippen LogP contribution in [0.2, 0.25) is 15.7 Å². The summed E-state index contributed by atoms with van der Waals surface area (Å²) >= 11 is 17.5. The molecule has 3 amide bonds. The number of aliphatic carboxylic acids is 5. The number of hydrogen-bond donors (Lipinski definition) is 8. The first kappa shape index (κ1) is 83.9. The standard InChI is InChI=1S/C23H36ClNO7.C22H34ClNO7.C22H36ClNO5/c1-2-3-4-5-6-7-8-9-10-11-12-18(19-14-15-20(24)31-19)32-23(30)25-17(22(28)29)13-16-21(26)27;1-2-3-4-5-6-7-8-9-10-11-12-17(18-13-14-19(23)30-18)31-22(29)24-16(21(27)28)15-20(25)26;1-2-3-4-5-6-7-8-9-10-11-13-18(19-15-16-20(23)28-19)29-22(27)24-17-12-14-21(25)26/h14-15,17-18H,2-13,16H2,1H3,(H,25,30)(H,26,27)(H,28,29);13-14,16-17H,2-12,15H2,1H3,(H,24,29)(H,25,26)(H,27,28);15-16,18H,2-14,17H2,1H3,(H,24,27)(H,25,26). The molecule has 524 valence electrons. The minimum absolute atomic E-state index is 0.0100. The van der Waals surface area contributed by atoms with Gasteiger partial charge in [0.15, 0.2) is 34.0 Å². The lowest BCUT2D eigenvalue weighted by Crippen LogP contribution is -2.42. The molecule has 0 aromatic carbocycles.